The highest BCUT2D eigenvalue weighted by atomic mass is 35.5. The SMILES string of the molecule is Cc1cn(-c2ccc3n(c2=O)CCNC3=O)c([C@H](C)[C@@H]2CC[C@H](c3ccc(Cl)cc3C(F)(F)F)O2)n1. The minimum absolute atomic E-state index is 0.0142. The zero-order valence-electron chi connectivity index (χ0n) is 19.6. The predicted molar refractivity (Wildman–Crippen MR) is 127 cm³/mol. The van der Waals surface area contributed by atoms with E-state index in [0.29, 0.717) is 48.8 Å². The van der Waals surface area contributed by atoms with Gasteiger partial charge in [0.25, 0.3) is 11.5 Å². The lowest BCUT2D eigenvalue weighted by atomic mass is 9.97. The number of benzene rings is 1. The summed E-state index contributed by atoms with van der Waals surface area (Å²) < 4.78 is 50.2. The number of hydrogen-bond donors (Lipinski definition) is 1. The van der Waals surface area contributed by atoms with Gasteiger partial charge in [0, 0.05) is 30.2 Å². The second kappa shape index (κ2) is 9.08. The van der Waals surface area contributed by atoms with Crippen molar-refractivity contribution < 1.29 is 22.7 Å². The van der Waals surface area contributed by atoms with Crippen LogP contribution in [0, 0.1) is 6.92 Å². The average molecular weight is 521 g/mol. The summed E-state index contributed by atoms with van der Waals surface area (Å²) in [6, 6.07) is 6.94. The van der Waals surface area contributed by atoms with Crippen LogP contribution in [0.2, 0.25) is 5.02 Å². The summed E-state index contributed by atoms with van der Waals surface area (Å²) in [7, 11) is 0. The molecule has 1 fully saturated rings. The monoisotopic (exact) mass is 520 g/mol. The van der Waals surface area contributed by atoms with Gasteiger partial charge >= 0.3 is 6.18 Å². The number of carbonyl (C=O) groups excluding carboxylic acids is 1. The molecule has 36 heavy (non-hydrogen) atoms. The molecule has 1 amide bonds. The van der Waals surface area contributed by atoms with Crippen molar-refractivity contribution in [2.75, 3.05) is 6.54 Å². The molecule has 1 N–H and O–H groups in total. The molecule has 5 rings (SSSR count). The number of aromatic nitrogens is 3. The maximum Gasteiger partial charge on any atom is 0.416 e. The number of amides is 1. The van der Waals surface area contributed by atoms with Gasteiger partial charge in [-0.05, 0) is 49.6 Å². The quantitative estimate of drug-likeness (QED) is 0.537. The number of alkyl halides is 3. The number of rotatable bonds is 4. The van der Waals surface area contributed by atoms with Crippen LogP contribution in [0.4, 0.5) is 13.2 Å². The summed E-state index contributed by atoms with van der Waals surface area (Å²) in [5.74, 6) is -0.0385. The molecule has 3 atom stereocenters. The average Bonchev–Trinajstić information content (AvgIpc) is 3.46. The Morgan fingerprint density at radius 1 is 1.19 bits per heavy atom. The Morgan fingerprint density at radius 3 is 2.72 bits per heavy atom. The summed E-state index contributed by atoms with van der Waals surface area (Å²) in [6.45, 7) is 4.42. The van der Waals surface area contributed by atoms with E-state index in [2.05, 4.69) is 10.3 Å². The fourth-order valence-corrected chi connectivity index (χ4v) is 5.23. The van der Waals surface area contributed by atoms with Gasteiger partial charge in [-0.25, -0.2) is 4.98 Å². The zero-order valence-corrected chi connectivity index (χ0v) is 20.4. The fourth-order valence-electron chi connectivity index (χ4n) is 5.05. The van der Waals surface area contributed by atoms with Crippen molar-refractivity contribution in [3.8, 4) is 5.69 Å². The topological polar surface area (TPSA) is 78.2 Å². The molecule has 0 bridgehead atoms. The fraction of sp³-hybridized carbons (Fsp3) is 0.400. The number of nitrogens with zero attached hydrogens (tertiary/aromatic N) is 3. The van der Waals surface area contributed by atoms with E-state index in [4.69, 9.17) is 16.3 Å². The lowest BCUT2D eigenvalue weighted by Crippen LogP contribution is -2.42. The van der Waals surface area contributed by atoms with E-state index in [0.717, 1.165) is 6.07 Å². The molecule has 4 heterocycles. The van der Waals surface area contributed by atoms with E-state index >= 15 is 0 Å². The standard InChI is InChI=1S/C25H24ClF3N4O3/c1-13-12-33(19-6-5-18-23(34)30-9-10-32(18)24(19)35)22(31-13)14(2)20-7-8-21(36-20)16-4-3-15(26)11-17(16)25(27,28)29/h3-6,11-12,14,20-21H,7-10H2,1-2H3,(H,30,34)/t14-,20+,21-/m1/s1. The Bertz CT molecular complexity index is 1400. The van der Waals surface area contributed by atoms with Crippen molar-refractivity contribution in [2.24, 2.45) is 0 Å². The third-order valence-corrected chi connectivity index (χ3v) is 7.04. The van der Waals surface area contributed by atoms with E-state index in [1.165, 1.54) is 16.7 Å². The number of nitrogens with one attached hydrogen (secondary N) is 1. The highest BCUT2D eigenvalue weighted by Crippen LogP contribution is 2.44. The molecule has 0 aliphatic carbocycles. The first-order chi connectivity index (χ1) is 17.0. The van der Waals surface area contributed by atoms with E-state index in [-0.39, 0.29) is 28.0 Å². The van der Waals surface area contributed by atoms with Gasteiger partial charge in [0.15, 0.2) is 0 Å². The van der Waals surface area contributed by atoms with Crippen LogP contribution in [0.3, 0.4) is 0 Å². The Labute approximate surface area is 209 Å². The number of hydrogen-bond acceptors (Lipinski definition) is 4. The van der Waals surface area contributed by atoms with Crippen LogP contribution in [-0.4, -0.2) is 32.7 Å². The smallest absolute Gasteiger partial charge is 0.370 e. The first-order valence-corrected chi connectivity index (χ1v) is 12.0. The van der Waals surface area contributed by atoms with Crippen LogP contribution in [-0.2, 0) is 17.5 Å². The molecule has 0 unspecified atom stereocenters. The van der Waals surface area contributed by atoms with Gasteiger partial charge in [-0.15, -0.1) is 0 Å². The summed E-state index contributed by atoms with van der Waals surface area (Å²) in [4.78, 5) is 30.0. The lowest BCUT2D eigenvalue weighted by molar-refractivity contribution is -0.139. The molecule has 1 aromatic carbocycles. The number of fused-ring (bicyclic) bond motifs is 1. The molecule has 190 valence electrons. The molecule has 0 saturated carbocycles. The van der Waals surface area contributed by atoms with E-state index in [9.17, 15) is 22.8 Å². The van der Waals surface area contributed by atoms with Crippen LogP contribution in [0.15, 0.2) is 41.3 Å². The number of pyridine rings is 1. The number of carbonyl (C=O) groups is 1. The second-order valence-corrected chi connectivity index (χ2v) is 9.62. The van der Waals surface area contributed by atoms with Crippen LogP contribution in [0.5, 0.6) is 0 Å². The number of aryl methyl sites for hydroxylation is 1. The van der Waals surface area contributed by atoms with Crippen LogP contribution in [0.1, 0.15) is 64.9 Å². The van der Waals surface area contributed by atoms with Gasteiger partial charge in [0.2, 0.25) is 0 Å². The van der Waals surface area contributed by atoms with Gasteiger partial charge in [-0.2, -0.15) is 13.2 Å². The number of ether oxygens (including phenoxy) is 1. The van der Waals surface area contributed by atoms with Crippen LogP contribution < -0.4 is 10.9 Å². The van der Waals surface area contributed by atoms with Crippen LogP contribution in [0.25, 0.3) is 5.69 Å². The molecule has 3 aromatic rings. The van der Waals surface area contributed by atoms with Crippen LogP contribution >= 0.6 is 11.6 Å². The van der Waals surface area contributed by atoms with E-state index in [1.54, 1.807) is 29.8 Å². The first kappa shape index (κ1) is 24.6. The number of imidazole rings is 1. The van der Waals surface area contributed by atoms with Crippen molar-refractivity contribution in [2.45, 2.75) is 57.5 Å². The highest BCUT2D eigenvalue weighted by Gasteiger charge is 2.40. The molecular weight excluding hydrogens is 497 g/mol. The van der Waals surface area contributed by atoms with Crippen molar-refractivity contribution in [3.05, 3.63) is 80.2 Å². The molecule has 0 radical (unpaired) electrons. The molecule has 2 aromatic heterocycles. The zero-order chi connectivity index (χ0) is 25.8. The second-order valence-electron chi connectivity index (χ2n) is 9.19. The Morgan fingerprint density at radius 2 is 1.97 bits per heavy atom. The maximum absolute atomic E-state index is 13.6. The summed E-state index contributed by atoms with van der Waals surface area (Å²) in [6.07, 6.45) is -3.00. The first-order valence-electron chi connectivity index (χ1n) is 11.6. The van der Waals surface area contributed by atoms with Crippen molar-refractivity contribution >= 4 is 17.5 Å². The largest absolute Gasteiger partial charge is 0.416 e. The highest BCUT2D eigenvalue weighted by molar-refractivity contribution is 6.30. The van der Waals surface area contributed by atoms with E-state index < -0.39 is 23.9 Å². The summed E-state index contributed by atoms with van der Waals surface area (Å²) >= 11 is 5.83. The normalized spacial score (nSPS) is 20.8. The lowest BCUT2D eigenvalue weighted by Gasteiger charge is -2.23. The molecule has 11 heteroatoms. The van der Waals surface area contributed by atoms with Crippen molar-refractivity contribution in [1.29, 1.82) is 0 Å². The molecule has 7 nitrogen and oxygen atoms in total. The molecule has 0 spiro atoms. The predicted octanol–water partition coefficient (Wildman–Crippen LogP) is 4.78. The molecule has 2 aliphatic rings. The third-order valence-electron chi connectivity index (χ3n) is 6.81. The van der Waals surface area contributed by atoms with Crippen molar-refractivity contribution in [1.82, 2.24) is 19.4 Å². The van der Waals surface area contributed by atoms with E-state index in [1.807, 2.05) is 6.92 Å². The number of halogens is 4. The maximum atomic E-state index is 13.6. The summed E-state index contributed by atoms with van der Waals surface area (Å²) in [5.41, 5.74) is 0.288. The van der Waals surface area contributed by atoms with Gasteiger partial charge in [-0.1, -0.05) is 24.6 Å². The Hall–Kier alpha value is -3.11. The van der Waals surface area contributed by atoms with Gasteiger partial charge in [0.05, 0.1) is 23.5 Å². The third kappa shape index (κ3) is 4.32. The summed E-state index contributed by atoms with van der Waals surface area (Å²) in [5, 5.41) is 2.73. The molecule has 2 aliphatic heterocycles. The van der Waals surface area contributed by atoms with Gasteiger partial charge in [-0.3, -0.25) is 14.2 Å². The van der Waals surface area contributed by atoms with Gasteiger partial charge < -0.3 is 14.6 Å². The molecule has 1 saturated heterocycles. The van der Waals surface area contributed by atoms with Crippen molar-refractivity contribution in [3.63, 3.8) is 0 Å². The van der Waals surface area contributed by atoms with Gasteiger partial charge in [0.1, 0.15) is 17.2 Å². The molecular formula is C25H24ClF3N4O3. The Balaban J connectivity index is 1.45. The minimum atomic E-state index is -4.55. The Kier molecular flexibility index (Phi) is 6.20. The minimum Gasteiger partial charge on any atom is -0.370 e.